The Morgan fingerprint density at radius 3 is 2.85 bits per heavy atom. The lowest BCUT2D eigenvalue weighted by Gasteiger charge is -2.31. The first-order valence-corrected chi connectivity index (χ1v) is 12.5. The lowest BCUT2D eigenvalue weighted by Crippen LogP contribution is -2.43. The molecule has 10 heteroatoms. The van der Waals surface area contributed by atoms with E-state index in [4.69, 9.17) is 0 Å². The second-order valence-corrected chi connectivity index (χ2v) is 9.46. The first-order chi connectivity index (χ1) is 16.4. The summed E-state index contributed by atoms with van der Waals surface area (Å²) in [4.78, 5) is 51.1. The summed E-state index contributed by atoms with van der Waals surface area (Å²) in [7, 11) is 0. The van der Waals surface area contributed by atoms with Crippen molar-refractivity contribution in [3.05, 3.63) is 46.5 Å². The molecule has 1 aromatic carbocycles. The molecule has 1 saturated heterocycles. The van der Waals surface area contributed by atoms with E-state index >= 15 is 0 Å². The van der Waals surface area contributed by atoms with E-state index < -0.39 is 0 Å². The molecule has 2 aromatic heterocycles. The van der Waals surface area contributed by atoms with E-state index in [9.17, 15) is 14.4 Å². The van der Waals surface area contributed by atoms with Crippen LogP contribution in [0.25, 0.3) is 10.3 Å². The Labute approximate surface area is 202 Å². The van der Waals surface area contributed by atoms with Crippen molar-refractivity contribution in [1.29, 1.82) is 0 Å². The number of aryl methyl sites for hydroxylation is 1. The van der Waals surface area contributed by atoms with Gasteiger partial charge < -0.3 is 15.1 Å². The molecule has 1 aliphatic rings. The van der Waals surface area contributed by atoms with E-state index in [1.165, 1.54) is 22.2 Å². The van der Waals surface area contributed by atoms with E-state index in [-0.39, 0.29) is 29.8 Å². The molecule has 0 unspecified atom stereocenters. The number of thiazole rings is 1. The molecule has 0 spiro atoms. The Kier molecular flexibility index (Phi) is 7.26. The third-order valence-corrected chi connectivity index (χ3v) is 7.12. The van der Waals surface area contributed by atoms with E-state index in [1.807, 2.05) is 45.0 Å². The standard InChI is InChI=1S/C24H30N6O3S/c1-4-25-22(32)17-9-7-11-28(13-17)24-27-21-20(34-24)23(33)29(15-26-21)14-19(31)30(5-2)18-10-6-8-16(3)12-18/h6,8,10,12,15,17H,4-5,7,9,11,13-14H2,1-3H3,(H,25,32)/t17-/m0/s1. The van der Waals surface area contributed by atoms with E-state index in [1.54, 1.807) is 4.90 Å². The van der Waals surface area contributed by atoms with Crippen LogP contribution in [0.1, 0.15) is 32.3 Å². The van der Waals surface area contributed by atoms with Crippen LogP contribution in [0.5, 0.6) is 0 Å². The van der Waals surface area contributed by atoms with Crippen molar-refractivity contribution < 1.29 is 9.59 Å². The fraction of sp³-hybridized carbons (Fsp3) is 0.458. The summed E-state index contributed by atoms with van der Waals surface area (Å²) in [6.07, 6.45) is 3.12. The molecule has 0 bridgehead atoms. The van der Waals surface area contributed by atoms with Gasteiger partial charge in [-0.2, -0.15) is 4.98 Å². The predicted molar refractivity (Wildman–Crippen MR) is 135 cm³/mol. The van der Waals surface area contributed by atoms with Crippen molar-refractivity contribution in [3.63, 3.8) is 0 Å². The summed E-state index contributed by atoms with van der Waals surface area (Å²) in [5, 5.41) is 3.58. The number of hydrogen-bond acceptors (Lipinski definition) is 7. The zero-order valence-corrected chi connectivity index (χ0v) is 20.6. The molecule has 2 amide bonds. The van der Waals surface area contributed by atoms with Crippen LogP contribution in [0.2, 0.25) is 0 Å². The van der Waals surface area contributed by atoms with Crippen molar-refractivity contribution >= 4 is 44.3 Å². The summed E-state index contributed by atoms with van der Waals surface area (Å²) in [5.41, 5.74) is 1.97. The number of piperidine rings is 1. The Morgan fingerprint density at radius 2 is 2.12 bits per heavy atom. The number of rotatable bonds is 7. The first kappa shape index (κ1) is 23.9. The molecule has 0 aliphatic carbocycles. The van der Waals surface area contributed by atoms with Crippen LogP contribution in [0, 0.1) is 12.8 Å². The third-order valence-electron chi connectivity index (χ3n) is 6.02. The van der Waals surface area contributed by atoms with E-state index in [2.05, 4.69) is 20.2 Å². The monoisotopic (exact) mass is 482 g/mol. The van der Waals surface area contributed by atoms with Crippen LogP contribution in [-0.4, -0.2) is 52.5 Å². The van der Waals surface area contributed by atoms with Crippen molar-refractivity contribution in [2.75, 3.05) is 36.0 Å². The number of nitrogens with zero attached hydrogens (tertiary/aromatic N) is 5. The average Bonchev–Trinajstić information content (AvgIpc) is 3.27. The average molecular weight is 483 g/mol. The van der Waals surface area contributed by atoms with E-state index in [0.717, 1.165) is 30.6 Å². The van der Waals surface area contributed by atoms with E-state index in [0.29, 0.717) is 35.1 Å². The van der Waals surface area contributed by atoms with Crippen LogP contribution in [-0.2, 0) is 16.1 Å². The van der Waals surface area contributed by atoms with Gasteiger partial charge in [0, 0.05) is 31.9 Å². The SMILES string of the molecule is CCNC(=O)[C@H]1CCCN(c2nc3ncn(CC(=O)N(CC)c4cccc(C)c4)c(=O)c3s2)C1. The lowest BCUT2D eigenvalue weighted by atomic mass is 9.97. The van der Waals surface area contributed by atoms with Gasteiger partial charge in [0.2, 0.25) is 11.8 Å². The third kappa shape index (κ3) is 4.96. The van der Waals surface area contributed by atoms with Gasteiger partial charge in [0.1, 0.15) is 17.6 Å². The quantitative estimate of drug-likeness (QED) is 0.556. The maximum absolute atomic E-state index is 13.2. The van der Waals surface area contributed by atoms with Crippen molar-refractivity contribution in [1.82, 2.24) is 19.9 Å². The molecule has 3 heterocycles. The second kappa shape index (κ2) is 10.3. The topological polar surface area (TPSA) is 100 Å². The van der Waals surface area contributed by atoms with Gasteiger partial charge in [-0.25, -0.2) is 4.98 Å². The normalized spacial score (nSPS) is 16.0. The fourth-order valence-electron chi connectivity index (χ4n) is 4.30. The number of carbonyl (C=O) groups excluding carboxylic acids is 2. The summed E-state index contributed by atoms with van der Waals surface area (Å²) < 4.78 is 1.77. The highest BCUT2D eigenvalue weighted by molar-refractivity contribution is 7.22. The minimum atomic E-state index is -0.278. The van der Waals surface area contributed by atoms with Gasteiger partial charge in [-0.1, -0.05) is 23.5 Å². The predicted octanol–water partition coefficient (Wildman–Crippen LogP) is 2.57. The molecule has 0 radical (unpaired) electrons. The summed E-state index contributed by atoms with van der Waals surface area (Å²) in [6.45, 7) is 8.16. The maximum atomic E-state index is 13.2. The van der Waals surface area contributed by atoms with Gasteiger partial charge in [0.05, 0.1) is 5.92 Å². The minimum absolute atomic E-state index is 0.0568. The number of fused-ring (bicyclic) bond motifs is 1. The molecule has 1 N–H and O–H groups in total. The minimum Gasteiger partial charge on any atom is -0.356 e. The number of anilines is 2. The molecule has 1 aliphatic heterocycles. The number of amides is 2. The Morgan fingerprint density at radius 1 is 1.29 bits per heavy atom. The fourth-order valence-corrected chi connectivity index (χ4v) is 5.30. The largest absolute Gasteiger partial charge is 0.356 e. The van der Waals surface area contributed by atoms with Crippen LogP contribution >= 0.6 is 11.3 Å². The van der Waals surface area contributed by atoms with Crippen LogP contribution < -0.4 is 20.7 Å². The molecular formula is C24H30N6O3S. The first-order valence-electron chi connectivity index (χ1n) is 11.7. The molecule has 34 heavy (non-hydrogen) atoms. The number of benzene rings is 1. The summed E-state index contributed by atoms with van der Waals surface area (Å²) >= 11 is 1.27. The molecular weight excluding hydrogens is 452 g/mol. The molecule has 1 fully saturated rings. The Hall–Kier alpha value is -3.27. The molecule has 3 aromatic rings. The number of nitrogens with one attached hydrogen (secondary N) is 1. The van der Waals surface area contributed by atoms with Crippen LogP contribution in [0.4, 0.5) is 10.8 Å². The zero-order valence-electron chi connectivity index (χ0n) is 19.8. The lowest BCUT2D eigenvalue weighted by molar-refractivity contribution is -0.125. The maximum Gasteiger partial charge on any atom is 0.273 e. The summed E-state index contributed by atoms with van der Waals surface area (Å²) in [5.74, 6) is -0.215. The molecule has 1 atom stereocenters. The van der Waals surface area contributed by atoms with Gasteiger partial charge in [-0.15, -0.1) is 0 Å². The highest BCUT2D eigenvalue weighted by Crippen LogP contribution is 2.29. The molecule has 0 saturated carbocycles. The van der Waals surface area contributed by atoms with Crippen molar-refractivity contribution in [2.45, 2.75) is 40.2 Å². The zero-order chi connectivity index (χ0) is 24.2. The van der Waals surface area contributed by atoms with Gasteiger partial charge in [-0.3, -0.25) is 19.0 Å². The van der Waals surface area contributed by atoms with Gasteiger partial charge in [0.25, 0.3) is 5.56 Å². The van der Waals surface area contributed by atoms with Gasteiger partial charge >= 0.3 is 0 Å². The van der Waals surface area contributed by atoms with Gasteiger partial charge in [-0.05, 0) is 51.3 Å². The number of hydrogen-bond donors (Lipinski definition) is 1. The highest BCUT2D eigenvalue weighted by atomic mass is 32.1. The van der Waals surface area contributed by atoms with Crippen LogP contribution in [0.3, 0.4) is 0 Å². The number of carbonyl (C=O) groups is 2. The highest BCUT2D eigenvalue weighted by Gasteiger charge is 2.28. The van der Waals surface area contributed by atoms with Crippen molar-refractivity contribution in [2.24, 2.45) is 5.92 Å². The Bertz CT molecular complexity index is 1250. The molecule has 180 valence electrons. The van der Waals surface area contributed by atoms with Gasteiger partial charge in [0.15, 0.2) is 10.8 Å². The molecule has 4 rings (SSSR count). The van der Waals surface area contributed by atoms with Crippen molar-refractivity contribution in [3.8, 4) is 0 Å². The van der Waals surface area contributed by atoms with Crippen LogP contribution in [0.15, 0.2) is 35.4 Å². The molecule has 9 nitrogen and oxygen atoms in total. The Balaban J connectivity index is 1.55. The summed E-state index contributed by atoms with van der Waals surface area (Å²) in [6, 6.07) is 7.73. The second-order valence-electron chi connectivity index (χ2n) is 8.48. The smallest absolute Gasteiger partial charge is 0.273 e. The number of aromatic nitrogens is 3. The number of likely N-dealkylation sites (N-methyl/N-ethyl adjacent to an activating group) is 1.